The van der Waals surface area contributed by atoms with E-state index in [1.165, 1.54) is 12.3 Å². The van der Waals surface area contributed by atoms with Gasteiger partial charge in [-0.3, -0.25) is 4.79 Å². The van der Waals surface area contributed by atoms with E-state index >= 15 is 0 Å². The molecule has 0 aliphatic heterocycles. The first-order chi connectivity index (χ1) is 8.43. The smallest absolute Gasteiger partial charge is 0.236 e. The molecule has 0 aliphatic rings. The van der Waals surface area contributed by atoms with Crippen LogP contribution in [0.5, 0.6) is 0 Å². The van der Waals surface area contributed by atoms with Gasteiger partial charge in [0.2, 0.25) is 5.91 Å². The molecule has 6 nitrogen and oxygen atoms in total. The normalized spacial score (nSPS) is 10.1. The lowest BCUT2D eigenvalue weighted by Crippen LogP contribution is -2.37. The number of anilines is 2. The number of amides is 1. The third-order valence-corrected chi connectivity index (χ3v) is 2.26. The Hall–Kier alpha value is -2.29. The minimum atomic E-state index is -0.443. The molecule has 0 aliphatic carbocycles. The fourth-order valence-corrected chi connectivity index (χ4v) is 1.65. The number of carbonyl (C=O) groups excluding carboxylic acids is 1. The van der Waals surface area contributed by atoms with Crippen molar-refractivity contribution in [1.29, 1.82) is 5.26 Å². The summed E-state index contributed by atoms with van der Waals surface area (Å²) in [7, 11) is 0. The molecule has 0 radical (unpaired) electrons. The van der Waals surface area contributed by atoms with Gasteiger partial charge < -0.3 is 16.4 Å². The lowest BCUT2D eigenvalue weighted by Gasteiger charge is -2.25. The third kappa shape index (κ3) is 3.63. The molecule has 1 amide bonds. The highest BCUT2D eigenvalue weighted by Crippen LogP contribution is 2.21. The van der Waals surface area contributed by atoms with Gasteiger partial charge in [0.1, 0.15) is 6.07 Å². The van der Waals surface area contributed by atoms with Crippen molar-refractivity contribution in [2.75, 3.05) is 23.7 Å². The number of rotatable bonds is 5. The van der Waals surface area contributed by atoms with E-state index in [0.717, 1.165) is 0 Å². The number of nitrogens with zero attached hydrogens (tertiary/aromatic N) is 3. The Morgan fingerprint density at radius 1 is 1.61 bits per heavy atom. The van der Waals surface area contributed by atoms with Crippen LogP contribution < -0.4 is 16.4 Å². The van der Waals surface area contributed by atoms with Gasteiger partial charge in [-0.05, 0) is 12.0 Å². The van der Waals surface area contributed by atoms with Gasteiger partial charge in [-0.1, -0.05) is 13.8 Å². The Balaban J connectivity index is 3.05. The fourth-order valence-electron chi connectivity index (χ4n) is 1.65. The molecule has 0 fully saturated rings. The summed E-state index contributed by atoms with van der Waals surface area (Å²) in [5, 5.41) is 8.75. The van der Waals surface area contributed by atoms with Gasteiger partial charge in [-0.15, -0.1) is 0 Å². The number of aromatic nitrogens is 1. The van der Waals surface area contributed by atoms with Crippen LogP contribution in [0.1, 0.15) is 19.4 Å². The van der Waals surface area contributed by atoms with E-state index in [4.69, 9.17) is 16.7 Å². The Morgan fingerprint density at radius 3 is 2.72 bits per heavy atom. The fraction of sp³-hybridized carbons (Fsp3) is 0.417. The van der Waals surface area contributed by atoms with E-state index < -0.39 is 5.91 Å². The summed E-state index contributed by atoms with van der Waals surface area (Å²) in [5.74, 6) is 0.379. The molecule has 96 valence electrons. The lowest BCUT2D eigenvalue weighted by molar-refractivity contribution is -0.116. The van der Waals surface area contributed by atoms with Crippen LogP contribution in [0.4, 0.5) is 11.5 Å². The molecule has 0 saturated carbocycles. The highest BCUT2D eigenvalue weighted by atomic mass is 16.1. The number of carbonyl (C=O) groups is 1. The standard InChI is InChI=1S/C12H17N5O/c1-8(2)6-17(7-11(15)18)12-10(14)3-9(4-13)5-16-12/h3,5,8H,6-7,14H2,1-2H3,(H2,15,18). The second-order valence-corrected chi connectivity index (χ2v) is 4.49. The maximum Gasteiger partial charge on any atom is 0.236 e. The van der Waals surface area contributed by atoms with E-state index in [2.05, 4.69) is 4.98 Å². The summed E-state index contributed by atoms with van der Waals surface area (Å²) >= 11 is 0. The molecular formula is C12H17N5O. The van der Waals surface area contributed by atoms with Crippen LogP contribution in [-0.2, 0) is 4.79 Å². The van der Waals surface area contributed by atoms with E-state index in [0.29, 0.717) is 29.5 Å². The average Bonchev–Trinajstić information content (AvgIpc) is 2.26. The zero-order valence-electron chi connectivity index (χ0n) is 10.6. The Bertz CT molecular complexity index is 478. The average molecular weight is 247 g/mol. The highest BCUT2D eigenvalue weighted by molar-refractivity contribution is 5.80. The van der Waals surface area contributed by atoms with E-state index in [1.807, 2.05) is 19.9 Å². The van der Waals surface area contributed by atoms with Crippen LogP contribution in [0.3, 0.4) is 0 Å². The van der Waals surface area contributed by atoms with E-state index in [9.17, 15) is 4.79 Å². The number of pyridine rings is 1. The molecule has 6 heteroatoms. The number of hydrogen-bond donors (Lipinski definition) is 2. The van der Waals surface area contributed by atoms with Gasteiger partial charge in [0.25, 0.3) is 0 Å². The number of nitriles is 1. The van der Waals surface area contributed by atoms with Crippen molar-refractivity contribution in [2.45, 2.75) is 13.8 Å². The third-order valence-electron chi connectivity index (χ3n) is 2.26. The molecule has 4 N–H and O–H groups in total. The van der Waals surface area contributed by atoms with Gasteiger partial charge in [-0.2, -0.15) is 5.26 Å². The maximum absolute atomic E-state index is 11.1. The van der Waals surface area contributed by atoms with Gasteiger partial charge in [-0.25, -0.2) is 4.98 Å². The van der Waals surface area contributed by atoms with Crippen LogP contribution in [0.25, 0.3) is 0 Å². The highest BCUT2D eigenvalue weighted by Gasteiger charge is 2.15. The number of nitrogens with two attached hydrogens (primary N) is 2. The number of nitrogen functional groups attached to an aromatic ring is 1. The summed E-state index contributed by atoms with van der Waals surface area (Å²) in [5.41, 5.74) is 11.8. The summed E-state index contributed by atoms with van der Waals surface area (Å²) in [6, 6.07) is 3.50. The van der Waals surface area contributed by atoms with Crippen molar-refractivity contribution in [3.05, 3.63) is 17.8 Å². The van der Waals surface area contributed by atoms with Crippen molar-refractivity contribution < 1.29 is 4.79 Å². The molecular weight excluding hydrogens is 230 g/mol. The van der Waals surface area contributed by atoms with Crippen molar-refractivity contribution in [3.63, 3.8) is 0 Å². The predicted molar refractivity (Wildman–Crippen MR) is 69.6 cm³/mol. The molecule has 0 spiro atoms. The van der Waals surface area contributed by atoms with Gasteiger partial charge in [0.05, 0.1) is 17.8 Å². The molecule has 0 aromatic carbocycles. The molecule has 18 heavy (non-hydrogen) atoms. The molecule has 1 aromatic heterocycles. The lowest BCUT2D eigenvalue weighted by atomic mass is 10.2. The zero-order valence-corrected chi connectivity index (χ0v) is 10.6. The van der Waals surface area contributed by atoms with Crippen molar-refractivity contribution in [1.82, 2.24) is 4.98 Å². The van der Waals surface area contributed by atoms with Gasteiger partial charge in [0, 0.05) is 12.7 Å². The Labute approximate surface area is 106 Å². The second kappa shape index (κ2) is 5.87. The van der Waals surface area contributed by atoms with Gasteiger partial charge in [0.15, 0.2) is 5.82 Å². The second-order valence-electron chi connectivity index (χ2n) is 4.49. The largest absolute Gasteiger partial charge is 0.396 e. The van der Waals surface area contributed by atoms with Gasteiger partial charge >= 0.3 is 0 Å². The molecule has 0 bridgehead atoms. The molecule has 0 unspecified atom stereocenters. The molecule has 0 atom stereocenters. The minimum absolute atomic E-state index is 0.0568. The summed E-state index contributed by atoms with van der Waals surface area (Å²) in [6.45, 7) is 4.72. The molecule has 1 rings (SSSR count). The SMILES string of the molecule is CC(C)CN(CC(N)=O)c1ncc(C#N)cc1N. The minimum Gasteiger partial charge on any atom is -0.396 e. The first kappa shape index (κ1) is 13.8. The Kier molecular flexibility index (Phi) is 4.49. The van der Waals surface area contributed by atoms with Crippen molar-refractivity contribution >= 4 is 17.4 Å². The van der Waals surface area contributed by atoms with E-state index in [1.54, 1.807) is 4.90 Å². The van der Waals surface area contributed by atoms with Crippen LogP contribution in [0.15, 0.2) is 12.3 Å². The Morgan fingerprint density at radius 2 is 2.28 bits per heavy atom. The van der Waals surface area contributed by atoms with Crippen LogP contribution in [0, 0.1) is 17.2 Å². The molecule has 1 aromatic rings. The summed E-state index contributed by atoms with van der Waals surface area (Å²) < 4.78 is 0. The first-order valence-corrected chi connectivity index (χ1v) is 5.63. The quantitative estimate of drug-likeness (QED) is 0.786. The van der Waals surface area contributed by atoms with Crippen LogP contribution >= 0.6 is 0 Å². The summed E-state index contributed by atoms with van der Waals surface area (Å²) in [6.07, 6.45) is 1.43. The van der Waals surface area contributed by atoms with Crippen molar-refractivity contribution in [3.8, 4) is 6.07 Å². The maximum atomic E-state index is 11.1. The number of hydrogen-bond acceptors (Lipinski definition) is 5. The van der Waals surface area contributed by atoms with Crippen molar-refractivity contribution in [2.24, 2.45) is 11.7 Å². The van der Waals surface area contributed by atoms with Crippen LogP contribution in [-0.4, -0.2) is 24.0 Å². The van der Waals surface area contributed by atoms with Crippen LogP contribution in [0.2, 0.25) is 0 Å². The zero-order chi connectivity index (χ0) is 13.7. The first-order valence-electron chi connectivity index (χ1n) is 5.63. The molecule has 1 heterocycles. The van der Waals surface area contributed by atoms with E-state index in [-0.39, 0.29) is 6.54 Å². The monoisotopic (exact) mass is 247 g/mol. The summed E-state index contributed by atoms with van der Waals surface area (Å²) in [4.78, 5) is 16.9. The predicted octanol–water partition coefficient (Wildman–Crippen LogP) is 0.483. The molecule has 0 saturated heterocycles. The number of primary amides is 1. The topological polar surface area (TPSA) is 109 Å².